The lowest BCUT2D eigenvalue weighted by molar-refractivity contribution is -0.150. The molecule has 2 N–H and O–H groups in total. The summed E-state index contributed by atoms with van der Waals surface area (Å²) < 4.78 is 4.77. The first kappa shape index (κ1) is 10.5. The van der Waals surface area contributed by atoms with E-state index in [2.05, 4.69) is 0 Å². The third-order valence-corrected chi connectivity index (χ3v) is 2.39. The average Bonchev–Trinajstić information content (AvgIpc) is 2.50. The van der Waals surface area contributed by atoms with Crippen LogP contribution < -0.4 is 0 Å². The lowest BCUT2D eigenvalue weighted by Gasteiger charge is -2.21. The number of rotatable bonds is 4. The van der Waals surface area contributed by atoms with Crippen molar-refractivity contribution >= 4 is 13.6 Å². The fourth-order valence-electron chi connectivity index (χ4n) is 1.51. The Balaban J connectivity index is 2.58. The van der Waals surface area contributed by atoms with Gasteiger partial charge in [0, 0.05) is 13.7 Å². The lowest BCUT2D eigenvalue weighted by Crippen LogP contribution is -2.39. The molecule has 1 rings (SSSR count). The second-order valence-corrected chi connectivity index (χ2v) is 3.31. The van der Waals surface area contributed by atoms with Gasteiger partial charge < -0.3 is 19.7 Å². The first-order chi connectivity index (χ1) is 6.14. The van der Waals surface area contributed by atoms with E-state index >= 15 is 0 Å². The van der Waals surface area contributed by atoms with E-state index < -0.39 is 11.4 Å². The zero-order valence-corrected chi connectivity index (χ0v) is 7.56. The predicted octanol–water partition coefficient (Wildman–Crippen LogP) is -1.06. The summed E-state index contributed by atoms with van der Waals surface area (Å²) in [5.41, 5.74) is -1.00. The van der Waals surface area contributed by atoms with Crippen molar-refractivity contribution in [2.24, 2.45) is 5.41 Å². The van der Waals surface area contributed by atoms with Crippen LogP contribution in [0.5, 0.6) is 0 Å². The minimum absolute atomic E-state index is 0.312. The Bertz CT molecular complexity index is 201. The van der Waals surface area contributed by atoms with Gasteiger partial charge in [-0.1, -0.05) is 0 Å². The Hall–Kier alpha value is -0.585. The summed E-state index contributed by atoms with van der Waals surface area (Å²) in [6, 6.07) is 0. The van der Waals surface area contributed by atoms with Gasteiger partial charge >= 0.3 is 13.6 Å². The van der Waals surface area contributed by atoms with Gasteiger partial charge in [0.2, 0.25) is 0 Å². The van der Waals surface area contributed by atoms with Crippen LogP contribution in [0.2, 0.25) is 0 Å². The van der Waals surface area contributed by atoms with Crippen LogP contribution in [-0.4, -0.2) is 55.4 Å². The van der Waals surface area contributed by atoms with Gasteiger partial charge in [0.1, 0.15) is 5.41 Å². The molecule has 0 bridgehead atoms. The SMILES string of the molecule is CO[B]N1CCC(CO)(C(=O)O)C1. The molecule has 0 aromatic heterocycles. The summed E-state index contributed by atoms with van der Waals surface area (Å²) in [4.78, 5) is 12.6. The van der Waals surface area contributed by atoms with Gasteiger partial charge in [0.15, 0.2) is 0 Å². The van der Waals surface area contributed by atoms with Gasteiger partial charge in [-0.3, -0.25) is 4.79 Å². The molecule has 1 saturated heterocycles. The third kappa shape index (κ3) is 2.01. The van der Waals surface area contributed by atoms with E-state index in [1.54, 1.807) is 4.81 Å². The largest absolute Gasteiger partial charge is 0.481 e. The van der Waals surface area contributed by atoms with E-state index in [4.69, 9.17) is 14.9 Å². The highest BCUT2D eigenvalue weighted by atomic mass is 16.4. The van der Waals surface area contributed by atoms with Crippen molar-refractivity contribution in [3.8, 4) is 0 Å². The van der Waals surface area contributed by atoms with Crippen LogP contribution in [0.1, 0.15) is 6.42 Å². The summed E-state index contributed by atoms with van der Waals surface area (Å²) in [7, 11) is 3.00. The van der Waals surface area contributed by atoms with Crippen LogP contribution in [-0.2, 0) is 9.45 Å². The predicted molar refractivity (Wildman–Crippen MR) is 46.1 cm³/mol. The molecule has 1 heterocycles. The number of nitrogens with zero attached hydrogens (tertiary/aromatic N) is 1. The highest BCUT2D eigenvalue weighted by Crippen LogP contribution is 2.29. The zero-order valence-electron chi connectivity index (χ0n) is 7.56. The second kappa shape index (κ2) is 4.08. The van der Waals surface area contributed by atoms with Gasteiger partial charge in [-0.2, -0.15) is 0 Å². The molecule has 5 nitrogen and oxygen atoms in total. The fourth-order valence-corrected chi connectivity index (χ4v) is 1.51. The van der Waals surface area contributed by atoms with Crippen molar-refractivity contribution in [2.75, 3.05) is 26.8 Å². The summed E-state index contributed by atoms with van der Waals surface area (Å²) in [6.45, 7) is 0.601. The Kier molecular flexibility index (Phi) is 3.30. The van der Waals surface area contributed by atoms with Crippen molar-refractivity contribution in [2.45, 2.75) is 6.42 Å². The first-order valence-corrected chi connectivity index (χ1v) is 4.09. The molecule has 0 saturated carbocycles. The summed E-state index contributed by atoms with van der Waals surface area (Å²) in [6.07, 6.45) is 0.457. The number of carboxylic acid groups (broad SMARTS) is 1. The normalized spacial score (nSPS) is 29.1. The molecule has 1 aliphatic heterocycles. The molecule has 73 valence electrons. The molecule has 0 spiro atoms. The molecule has 0 aromatic carbocycles. The van der Waals surface area contributed by atoms with Crippen LogP contribution in [0.15, 0.2) is 0 Å². The topological polar surface area (TPSA) is 70.0 Å². The molecule has 0 aromatic rings. The molecule has 1 aliphatic rings. The van der Waals surface area contributed by atoms with Crippen LogP contribution in [0.3, 0.4) is 0 Å². The Morgan fingerprint density at radius 1 is 1.77 bits per heavy atom. The van der Waals surface area contributed by atoms with Gasteiger partial charge in [0.05, 0.1) is 6.61 Å². The van der Waals surface area contributed by atoms with Gasteiger partial charge in [0.25, 0.3) is 0 Å². The fraction of sp³-hybridized carbons (Fsp3) is 0.857. The van der Waals surface area contributed by atoms with Crippen LogP contribution in [0.4, 0.5) is 0 Å². The Morgan fingerprint density at radius 3 is 2.85 bits per heavy atom. The minimum Gasteiger partial charge on any atom is -0.481 e. The minimum atomic E-state index is -1.00. The third-order valence-electron chi connectivity index (χ3n) is 2.39. The highest BCUT2D eigenvalue weighted by molar-refractivity contribution is 6.23. The van der Waals surface area contributed by atoms with Gasteiger partial charge in [-0.05, 0) is 13.0 Å². The molecule has 0 aliphatic carbocycles. The number of carbonyl (C=O) groups is 1. The molecule has 1 fully saturated rings. The van der Waals surface area contributed by atoms with Gasteiger partial charge in [-0.25, -0.2) is 0 Å². The highest BCUT2D eigenvalue weighted by Gasteiger charge is 2.44. The summed E-state index contributed by atoms with van der Waals surface area (Å²) in [5.74, 6) is -0.943. The van der Waals surface area contributed by atoms with Crippen molar-refractivity contribution in [3.05, 3.63) is 0 Å². The Labute approximate surface area is 77.6 Å². The maximum atomic E-state index is 10.9. The standard InChI is InChI=1S/C7H13BNO4/c1-13-8-9-3-2-7(4-9,5-10)6(11)12/h10H,2-5H2,1H3,(H,11,12). The first-order valence-electron chi connectivity index (χ1n) is 4.09. The number of aliphatic hydroxyl groups is 1. The molecular weight excluding hydrogens is 173 g/mol. The number of hydrogen-bond acceptors (Lipinski definition) is 4. The molecule has 6 heteroatoms. The zero-order chi connectivity index (χ0) is 9.90. The molecule has 1 atom stereocenters. The molecular formula is C7H13BNO4. The average molecular weight is 186 g/mol. The van der Waals surface area contributed by atoms with E-state index in [9.17, 15) is 4.79 Å². The van der Waals surface area contributed by atoms with E-state index in [0.29, 0.717) is 19.5 Å². The number of hydrogen-bond donors (Lipinski definition) is 2. The summed E-state index contributed by atoms with van der Waals surface area (Å²) >= 11 is 0. The van der Waals surface area contributed by atoms with Crippen LogP contribution in [0, 0.1) is 5.41 Å². The van der Waals surface area contributed by atoms with Crippen molar-refractivity contribution in [1.82, 2.24) is 4.81 Å². The van der Waals surface area contributed by atoms with Crippen molar-refractivity contribution < 1.29 is 19.7 Å². The van der Waals surface area contributed by atoms with E-state index in [1.165, 1.54) is 14.7 Å². The summed E-state index contributed by atoms with van der Waals surface area (Å²) in [5, 5.41) is 17.9. The van der Waals surface area contributed by atoms with Crippen molar-refractivity contribution in [1.29, 1.82) is 0 Å². The molecule has 13 heavy (non-hydrogen) atoms. The molecule has 0 amide bonds. The van der Waals surface area contributed by atoms with Crippen LogP contribution >= 0.6 is 0 Å². The maximum Gasteiger partial charge on any atom is 0.398 e. The second-order valence-electron chi connectivity index (χ2n) is 3.31. The maximum absolute atomic E-state index is 10.9. The van der Waals surface area contributed by atoms with E-state index in [1.807, 2.05) is 0 Å². The number of aliphatic hydroxyl groups excluding tert-OH is 1. The molecule has 1 radical (unpaired) electrons. The van der Waals surface area contributed by atoms with Crippen LogP contribution in [0.25, 0.3) is 0 Å². The van der Waals surface area contributed by atoms with E-state index in [0.717, 1.165) is 0 Å². The van der Waals surface area contributed by atoms with Gasteiger partial charge in [-0.15, -0.1) is 0 Å². The molecule has 1 unspecified atom stereocenters. The number of aliphatic carboxylic acids is 1. The van der Waals surface area contributed by atoms with E-state index in [-0.39, 0.29) is 6.61 Å². The number of carboxylic acids is 1. The smallest absolute Gasteiger partial charge is 0.398 e. The monoisotopic (exact) mass is 186 g/mol. The van der Waals surface area contributed by atoms with Crippen molar-refractivity contribution in [3.63, 3.8) is 0 Å². The Morgan fingerprint density at radius 2 is 2.46 bits per heavy atom. The quantitative estimate of drug-likeness (QED) is 0.547. The lowest BCUT2D eigenvalue weighted by atomic mass is 9.88.